The predicted molar refractivity (Wildman–Crippen MR) is 139 cm³/mol. The van der Waals surface area contributed by atoms with Gasteiger partial charge in [0.2, 0.25) is 0 Å². The van der Waals surface area contributed by atoms with Crippen LogP contribution in [0.3, 0.4) is 0 Å². The number of pyridine rings is 2. The molecule has 2 aliphatic carbocycles. The third kappa shape index (κ3) is 2.26. The average Bonchev–Trinajstić information content (AvgIpc) is 3.45. The molecular formula is C32H21N3. The fourth-order valence-electron chi connectivity index (χ4n) is 6.94. The summed E-state index contributed by atoms with van der Waals surface area (Å²) < 4.78 is 0. The first kappa shape index (κ1) is 18.1. The molecule has 35 heavy (non-hydrogen) atoms. The minimum Gasteiger partial charge on any atom is -0.292 e. The fraction of sp³-hybridized carbons (Fsp3) is 0.125. The number of fused-ring (bicyclic) bond motifs is 11. The third-order valence-electron chi connectivity index (χ3n) is 8.39. The summed E-state index contributed by atoms with van der Waals surface area (Å²) in [6.07, 6.45) is 7.71. The SMILES string of the molecule is c1ccc2c(c1)Cc1c-2ccc2c1-c1cc3c(cc1C2)N1c2ncccc2Cc2nccc(c21)C3. The van der Waals surface area contributed by atoms with E-state index < -0.39 is 0 Å². The minimum absolute atomic E-state index is 0.848. The van der Waals surface area contributed by atoms with E-state index in [-0.39, 0.29) is 0 Å². The fourth-order valence-corrected chi connectivity index (χ4v) is 6.94. The molecule has 4 aliphatic rings. The van der Waals surface area contributed by atoms with Gasteiger partial charge in [0, 0.05) is 30.8 Å². The molecule has 5 aromatic rings. The van der Waals surface area contributed by atoms with Crippen LogP contribution in [0, 0.1) is 0 Å². The zero-order valence-electron chi connectivity index (χ0n) is 19.2. The number of anilines is 3. The zero-order chi connectivity index (χ0) is 22.7. The van der Waals surface area contributed by atoms with Gasteiger partial charge in [-0.25, -0.2) is 4.98 Å². The van der Waals surface area contributed by atoms with Gasteiger partial charge in [-0.1, -0.05) is 42.5 Å². The van der Waals surface area contributed by atoms with Gasteiger partial charge in [0.15, 0.2) is 0 Å². The Kier molecular flexibility index (Phi) is 3.24. The van der Waals surface area contributed by atoms with Gasteiger partial charge in [-0.3, -0.25) is 9.88 Å². The van der Waals surface area contributed by atoms with Gasteiger partial charge in [-0.2, -0.15) is 0 Å². The summed E-state index contributed by atoms with van der Waals surface area (Å²) in [6.45, 7) is 0. The van der Waals surface area contributed by atoms with Crippen molar-refractivity contribution in [1.82, 2.24) is 9.97 Å². The van der Waals surface area contributed by atoms with Crippen molar-refractivity contribution >= 4 is 17.2 Å². The van der Waals surface area contributed by atoms with E-state index in [0.717, 1.165) is 37.2 Å². The van der Waals surface area contributed by atoms with Gasteiger partial charge in [0.05, 0.1) is 17.1 Å². The number of hydrogen-bond acceptors (Lipinski definition) is 3. The Labute approximate surface area is 203 Å². The van der Waals surface area contributed by atoms with Crippen LogP contribution in [0.5, 0.6) is 0 Å². The number of rotatable bonds is 0. The van der Waals surface area contributed by atoms with Crippen LogP contribution in [0.15, 0.2) is 79.1 Å². The molecule has 0 amide bonds. The van der Waals surface area contributed by atoms with Crippen molar-refractivity contribution in [1.29, 1.82) is 0 Å². The highest BCUT2D eigenvalue weighted by Gasteiger charge is 2.35. The lowest BCUT2D eigenvalue weighted by atomic mass is 9.87. The summed E-state index contributed by atoms with van der Waals surface area (Å²) in [4.78, 5) is 12.0. The Bertz CT molecular complexity index is 1760. The summed E-state index contributed by atoms with van der Waals surface area (Å²) in [5.74, 6) is 1.06. The van der Waals surface area contributed by atoms with E-state index >= 15 is 0 Å². The van der Waals surface area contributed by atoms with Crippen LogP contribution in [0.4, 0.5) is 17.2 Å². The maximum atomic E-state index is 4.85. The van der Waals surface area contributed by atoms with Crippen LogP contribution >= 0.6 is 0 Å². The molecule has 0 unspecified atom stereocenters. The zero-order valence-corrected chi connectivity index (χ0v) is 19.2. The van der Waals surface area contributed by atoms with Crippen molar-refractivity contribution in [2.45, 2.75) is 25.7 Å². The Morgan fingerprint density at radius 1 is 0.571 bits per heavy atom. The quantitative estimate of drug-likeness (QED) is 0.253. The molecule has 9 rings (SSSR count). The molecule has 0 bridgehead atoms. The van der Waals surface area contributed by atoms with E-state index in [4.69, 9.17) is 9.97 Å². The van der Waals surface area contributed by atoms with Gasteiger partial charge in [-0.15, -0.1) is 0 Å². The smallest absolute Gasteiger partial charge is 0.141 e. The topological polar surface area (TPSA) is 29.0 Å². The highest BCUT2D eigenvalue weighted by molar-refractivity contribution is 5.93. The monoisotopic (exact) mass is 447 g/mol. The number of aromatic nitrogens is 2. The standard InChI is InChI=1S/C32H21N3/c1-2-6-24-18(4-1)14-27-25(24)8-7-19-12-22-17-29-23(15-26(22)30(19)27)13-20-9-11-33-28-16-21-5-3-10-34-32(21)35(29)31(20)28/h1-11,15,17H,12-14,16H2. The first-order valence-electron chi connectivity index (χ1n) is 12.4. The van der Waals surface area contributed by atoms with Gasteiger partial charge >= 0.3 is 0 Å². The number of nitrogens with zero attached hydrogens (tertiary/aromatic N) is 3. The molecule has 3 nitrogen and oxygen atoms in total. The van der Waals surface area contributed by atoms with Crippen molar-refractivity contribution in [3.05, 3.63) is 124 Å². The molecule has 0 N–H and O–H groups in total. The van der Waals surface area contributed by atoms with Crippen LogP contribution in [0.1, 0.15) is 44.6 Å². The first-order valence-corrected chi connectivity index (χ1v) is 12.4. The molecule has 2 aliphatic heterocycles. The van der Waals surface area contributed by atoms with Crippen LogP contribution in [0.2, 0.25) is 0 Å². The van der Waals surface area contributed by atoms with E-state index in [2.05, 4.69) is 65.6 Å². The molecule has 0 atom stereocenters. The second-order valence-electron chi connectivity index (χ2n) is 10.2. The molecule has 164 valence electrons. The molecule has 0 fully saturated rings. The van der Waals surface area contributed by atoms with Gasteiger partial charge in [0.1, 0.15) is 5.82 Å². The normalized spacial score (nSPS) is 14.9. The van der Waals surface area contributed by atoms with Crippen molar-refractivity contribution in [3.8, 4) is 22.3 Å². The Morgan fingerprint density at radius 3 is 2.49 bits per heavy atom. The molecule has 3 heteroatoms. The van der Waals surface area contributed by atoms with E-state index in [1.165, 1.54) is 72.6 Å². The molecule has 0 saturated heterocycles. The molecular weight excluding hydrogens is 426 g/mol. The Hall–Kier alpha value is -4.24. The second-order valence-corrected chi connectivity index (χ2v) is 10.2. The Balaban J connectivity index is 1.27. The minimum atomic E-state index is 0.848. The molecule has 0 saturated carbocycles. The highest BCUT2D eigenvalue weighted by Crippen LogP contribution is 2.53. The molecule has 4 heterocycles. The average molecular weight is 448 g/mol. The lowest BCUT2D eigenvalue weighted by Crippen LogP contribution is -2.26. The van der Waals surface area contributed by atoms with Crippen LogP contribution in [-0.4, -0.2) is 9.97 Å². The predicted octanol–water partition coefficient (Wildman–Crippen LogP) is 6.90. The van der Waals surface area contributed by atoms with Crippen molar-refractivity contribution in [3.63, 3.8) is 0 Å². The summed E-state index contributed by atoms with van der Waals surface area (Å²) >= 11 is 0. The van der Waals surface area contributed by atoms with E-state index in [0.29, 0.717) is 0 Å². The third-order valence-corrected chi connectivity index (χ3v) is 8.39. The highest BCUT2D eigenvalue weighted by atomic mass is 15.2. The molecule has 3 aromatic carbocycles. The summed E-state index contributed by atoms with van der Waals surface area (Å²) in [6, 6.07) is 25.0. The number of hydrogen-bond donors (Lipinski definition) is 0. The van der Waals surface area contributed by atoms with Crippen LogP contribution in [-0.2, 0) is 25.7 Å². The first-order chi connectivity index (χ1) is 17.3. The maximum absolute atomic E-state index is 4.85. The lowest BCUT2D eigenvalue weighted by Gasteiger charge is -2.38. The summed E-state index contributed by atoms with van der Waals surface area (Å²) in [5.41, 5.74) is 19.3. The van der Waals surface area contributed by atoms with E-state index in [9.17, 15) is 0 Å². The molecule has 0 radical (unpaired) electrons. The van der Waals surface area contributed by atoms with Crippen molar-refractivity contribution < 1.29 is 0 Å². The Morgan fingerprint density at radius 2 is 1.49 bits per heavy atom. The van der Waals surface area contributed by atoms with Crippen LogP contribution in [0.25, 0.3) is 22.3 Å². The second kappa shape index (κ2) is 6.25. The number of benzene rings is 3. The lowest BCUT2D eigenvalue weighted by molar-refractivity contribution is 0.938. The van der Waals surface area contributed by atoms with Gasteiger partial charge in [-0.05, 0) is 92.7 Å². The molecule has 2 aromatic heterocycles. The van der Waals surface area contributed by atoms with Crippen molar-refractivity contribution in [2.24, 2.45) is 0 Å². The van der Waals surface area contributed by atoms with Crippen molar-refractivity contribution in [2.75, 3.05) is 4.90 Å². The van der Waals surface area contributed by atoms with E-state index in [1.807, 2.05) is 18.5 Å². The molecule has 0 spiro atoms. The van der Waals surface area contributed by atoms with Gasteiger partial charge in [0.25, 0.3) is 0 Å². The maximum Gasteiger partial charge on any atom is 0.141 e. The summed E-state index contributed by atoms with van der Waals surface area (Å²) in [7, 11) is 0. The van der Waals surface area contributed by atoms with Gasteiger partial charge < -0.3 is 0 Å². The van der Waals surface area contributed by atoms with E-state index in [1.54, 1.807) is 0 Å². The summed E-state index contributed by atoms with van der Waals surface area (Å²) in [5, 5.41) is 0. The largest absolute Gasteiger partial charge is 0.292 e. The van der Waals surface area contributed by atoms with Crippen LogP contribution < -0.4 is 4.90 Å².